The zero-order chi connectivity index (χ0) is 17.2. The van der Waals surface area contributed by atoms with E-state index in [1.54, 1.807) is 6.20 Å². The van der Waals surface area contributed by atoms with Crippen LogP contribution in [0, 0.1) is 0 Å². The molecule has 7 nitrogen and oxygen atoms in total. The van der Waals surface area contributed by atoms with Crippen LogP contribution in [0.25, 0.3) is 0 Å². The summed E-state index contributed by atoms with van der Waals surface area (Å²) >= 11 is 0. The predicted octanol–water partition coefficient (Wildman–Crippen LogP) is 2.26. The fraction of sp³-hybridized carbons (Fsp3) is 0.647. The SMILES string of the molecule is CN(Cc1noc(C(C)(C)C)n1)[C@H]1CCCN(c2cccnn2)C1. The molecule has 0 aromatic carbocycles. The van der Waals surface area contributed by atoms with Gasteiger partial charge in [0.1, 0.15) is 0 Å². The standard InChI is InChI=1S/C17H26N6O/c1-17(2,3)16-19-14(21-24-16)12-22(4)13-7-6-10-23(11-13)15-8-5-9-18-20-15/h5,8-9,13H,6-7,10-12H2,1-4H3/t13-/m0/s1. The zero-order valence-corrected chi connectivity index (χ0v) is 14.9. The van der Waals surface area contributed by atoms with Crippen molar-refractivity contribution in [1.29, 1.82) is 0 Å². The summed E-state index contributed by atoms with van der Waals surface area (Å²) in [5, 5.41) is 12.3. The molecule has 1 fully saturated rings. The van der Waals surface area contributed by atoms with Crippen molar-refractivity contribution in [1.82, 2.24) is 25.2 Å². The molecule has 2 aromatic rings. The van der Waals surface area contributed by atoms with E-state index in [-0.39, 0.29) is 5.41 Å². The van der Waals surface area contributed by atoms with Crippen molar-refractivity contribution in [3.8, 4) is 0 Å². The minimum absolute atomic E-state index is 0.114. The van der Waals surface area contributed by atoms with Crippen LogP contribution in [0.5, 0.6) is 0 Å². The molecule has 0 bridgehead atoms. The molecule has 130 valence electrons. The average molecular weight is 330 g/mol. The van der Waals surface area contributed by atoms with Gasteiger partial charge in [0.2, 0.25) is 5.89 Å². The quantitative estimate of drug-likeness (QED) is 0.851. The van der Waals surface area contributed by atoms with Crippen LogP contribution in [0.4, 0.5) is 5.82 Å². The van der Waals surface area contributed by atoms with E-state index in [1.165, 1.54) is 0 Å². The van der Waals surface area contributed by atoms with Gasteiger partial charge in [0.05, 0.1) is 6.54 Å². The van der Waals surface area contributed by atoms with Crippen LogP contribution in [0.3, 0.4) is 0 Å². The van der Waals surface area contributed by atoms with Crippen LogP contribution >= 0.6 is 0 Å². The van der Waals surface area contributed by atoms with E-state index < -0.39 is 0 Å². The van der Waals surface area contributed by atoms with Crippen molar-refractivity contribution in [3.05, 3.63) is 30.0 Å². The molecule has 0 unspecified atom stereocenters. The molecule has 3 heterocycles. The Balaban J connectivity index is 1.62. The maximum atomic E-state index is 5.39. The fourth-order valence-electron chi connectivity index (χ4n) is 2.96. The molecule has 7 heteroatoms. The molecule has 2 aromatic heterocycles. The van der Waals surface area contributed by atoms with Crippen LogP contribution in [0.15, 0.2) is 22.9 Å². The molecule has 0 aliphatic carbocycles. The molecule has 1 aliphatic rings. The molecular formula is C17H26N6O. The highest BCUT2D eigenvalue weighted by atomic mass is 16.5. The van der Waals surface area contributed by atoms with Gasteiger partial charge in [0, 0.05) is 30.7 Å². The lowest BCUT2D eigenvalue weighted by molar-refractivity contribution is 0.200. The van der Waals surface area contributed by atoms with Crippen LogP contribution in [0.1, 0.15) is 45.3 Å². The van der Waals surface area contributed by atoms with Crippen LogP contribution < -0.4 is 4.90 Å². The first-order valence-electron chi connectivity index (χ1n) is 8.49. The number of hydrogen-bond acceptors (Lipinski definition) is 7. The lowest BCUT2D eigenvalue weighted by Gasteiger charge is -2.37. The van der Waals surface area contributed by atoms with Gasteiger partial charge in [0.15, 0.2) is 11.6 Å². The minimum Gasteiger partial charge on any atom is -0.354 e. The van der Waals surface area contributed by atoms with E-state index in [9.17, 15) is 0 Å². The van der Waals surface area contributed by atoms with Crippen LogP contribution in [-0.2, 0) is 12.0 Å². The molecular weight excluding hydrogens is 304 g/mol. The highest BCUT2D eigenvalue weighted by molar-refractivity contribution is 5.37. The Labute approximate surface area is 143 Å². The lowest BCUT2D eigenvalue weighted by Crippen LogP contribution is -2.46. The Kier molecular flexibility index (Phi) is 4.80. The van der Waals surface area contributed by atoms with Gasteiger partial charge in [-0.15, -0.1) is 5.10 Å². The molecule has 24 heavy (non-hydrogen) atoms. The number of nitrogens with zero attached hydrogens (tertiary/aromatic N) is 6. The second-order valence-corrected chi connectivity index (χ2v) is 7.50. The molecule has 1 atom stereocenters. The molecule has 0 amide bonds. The van der Waals surface area contributed by atoms with E-state index in [0.29, 0.717) is 18.5 Å². The minimum atomic E-state index is -0.114. The summed E-state index contributed by atoms with van der Waals surface area (Å²) in [7, 11) is 2.12. The van der Waals surface area contributed by atoms with Crippen molar-refractivity contribution in [2.45, 2.75) is 51.6 Å². The number of anilines is 1. The highest BCUT2D eigenvalue weighted by Gasteiger charge is 2.26. The third kappa shape index (κ3) is 3.90. The third-order valence-electron chi connectivity index (χ3n) is 4.40. The van der Waals surface area contributed by atoms with Crippen LogP contribution in [-0.4, -0.2) is 51.4 Å². The molecule has 0 radical (unpaired) electrons. The smallest absolute Gasteiger partial charge is 0.232 e. The number of piperidine rings is 1. The highest BCUT2D eigenvalue weighted by Crippen LogP contribution is 2.22. The second-order valence-electron chi connectivity index (χ2n) is 7.50. The monoisotopic (exact) mass is 330 g/mol. The van der Waals surface area contributed by atoms with Gasteiger partial charge in [-0.2, -0.15) is 10.1 Å². The van der Waals surface area contributed by atoms with E-state index >= 15 is 0 Å². The maximum absolute atomic E-state index is 5.39. The summed E-state index contributed by atoms with van der Waals surface area (Å²) < 4.78 is 5.39. The summed E-state index contributed by atoms with van der Waals surface area (Å²) in [6, 6.07) is 4.39. The number of rotatable bonds is 4. The average Bonchev–Trinajstić information content (AvgIpc) is 3.05. The van der Waals surface area contributed by atoms with Crippen molar-refractivity contribution >= 4 is 5.82 Å². The van der Waals surface area contributed by atoms with E-state index in [4.69, 9.17) is 4.52 Å². The Morgan fingerprint density at radius 1 is 1.38 bits per heavy atom. The summed E-state index contributed by atoms with van der Waals surface area (Å²) in [5.41, 5.74) is -0.114. The summed E-state index contributed by atoms with van der Waals surface area (Å²) in [6.45, 7) is 8.90. The van der Waals surface area contributed by atoms with Gasteiger partial charge < -0.3 is 9.42 Å². The maximum Gasteiger partial charge on any atom is 0.232 e. The number of hydrogen-bond donors (Lipinski definition) is 0. The van der Waals surface area contributed by atoms with E-state index in [0.717, 1.165) is 37.6 Å². The van der Waals surface area contributed by atoms with Gasteiger partial charge in [0.25, 0.3) is 0 Å². The van der Waals surface area contributed by atoms with E-state index in [1.807, 2.05) is 12.1 Å². The Bertz CT molecular complexity index is 651. The normalized spacial score (nSPS) is 19.0. The topological polar surface area (TPSA) is 71.2 Å². The Morgan fingerprint density at radius 3 is 2.88 bits per heavy atom. The molecule has 3 rings (SSSR count). The third-order valence-corrected chi connectivity index (χ3v) is 4.40. The first-order chi connectivity index (χ1) is 11.4. The first-order valence-corrected chi connectivity index (χ1v) is 8.49. The van der Waals surface area contributed by atoms with Gasteiger partial charge in [-0.3, -0.25) is 4.90 Å². The van der Waals surface area contributed by atoms with Gasteiger partial charge in [-0.1, -0.05) is 25.9 Å². The first kappa shape index (κ1) is 16.8. The molecule has 1 aliphatic heterocycles. The van der Waals surface area contributed by atoms with Crippen molar-refractivity contribution < 1.29 is 4.52 Å². The lowest BCUT2D eigenvalue weighted by atomic mass is 9.97. The zero-order valence-electron chi connectivity index (χ0n) is 14.9. The Hall–Kier alpha value is -2.02. The molecule has 0 N–H and O–H groups in total. The van der Waals surface area contributed by atoms with Crippen LogP contribution in [0.2, 0.25) is 0 Å². The summed E-state index contributed by atoms with van der Waals surface area (Å²) in [6.07, 6.45) is 4.02. The second kappa shape index (κ2) is 6.84. The van der Waals surface area contributed by atoms with E-state index in [2.05, 4.69) is 58.0 Å². The van der Waals surface area contributed by atoms with Crippen molar-refractivity contribution in [2.24, 2.45) is 0 Å². The van der Waals surface area contributed by atoms with Gasteiger partial charge in [-0.05, 0) is 32.0 Å². The largest absolute Gasteiger partial charge is 0.354 e. The number of likely N-dealkylation sites (N-methyl/N-ethyl adjacent to an activating group) is 1. The predicted molar refractivity (Wildman–Crippen MR) is 91.7 cm³/mol. The van der Waals surface area contributed by atoms with Gasteiger partial charge in [-0.25, -0.2) is 0 Å². The fourth-order valence-corrected chi connectivity index (χ4v) is 2.96. The molecule has 0 saturated carbocycles. The number of aromatic nitrogens is 4. The Morgan fingerprint density at radius 2 is 2.21 bits per heavy atom. The van der Waals surface area contributed by atoms with Gasteiger partial charge >= 0.3 is 0 Å². The summed E-state index contributed by atoms with van der Waals surface area (Å²) in [5.74, 6) is 2.39. The van der Waals surface area contributed by atoms with Crippen molar-refractivity contribution in [3.63, 3.8) is 0 Å². The summed E-state index contributed by atoms with van der Waals surface area (Å²) in [4.78, 5) is 9.14. The molecule has 1 saturated heterocycles. The van der Waals surface area contributed by atoms with Crippen molar-refractivity contribution in [2.75, 3.05) is 25.0 Å². The molecule has 0 spiro atoms.